The predicted octanol–water partition coefficient (Wildman–Crippen LogP) is 2.96. The lowest BCUT2D eigenvalue weighted by Crippen LogP contribution is -2.46. The Hall–Kier alpha value is -1.96. The number of carbonyl (C=O) groups is 2. The highest BCUT2D eigenvalue weighted by Gasteiger charge is 2.27. The highest BCUT2D eigenvalue weighted by Crippen LogP contribution is 2.10. The van der Waals surface area contributed by atoms with E-state index in [1.54, 1.807) is 39.8 Å². The van der Waals surface area contributed by atoms with E-state index in [0.717, 1.165) is 12.8 Å². The molecule has 118 valence electrons. The maximum Gasteiger partial charge on any atom is 0.408 e. The molecule has 0 aliphatic heterocycles. The van der Waals surface area contributed by atoms with Gasteiger partial charge in [0.25, 0.3) is 0 Å². The van der Waals surface area contributed by atoms with E-state index in [1.807, 2.05) is 6.92 Å². The van der Waals surface area contributed by atoms with Crippen LogP contribution in [-0.4, -0.2) is 28.8 Å². The number of hydrogen-bond donors (Lipinski definition) is 2. The number of unbranched alkanes of at least 4 members (excludes halogenated alkanes) is 1. The van der Waals surface area contributed by atoms with Crippen molar-refractivity contribution < 1.29 is 19.4 Å². The van der Waals surface area contributed by atoms with E-state index in [4.69, 9.17) is 4.74 Å². The molecular weight excluding hydrogens is 270 g/mol. The number of alkyl carbamates (subject to hydrolysis) is 1. The second-order valence-electron chi connectivity index (χ2n) is 5.75. The van der Waals surface area contributed by atoms with Gasteiger partial charge in [0.15, 0.2) is 0 Å². The third-order valence-electron chi connectivity index (χ3n) is 2.42. The maximum absolute atomic E-state index is 11.6. The largest absolute Gasteiger partial charge is 0.480 e. The fourth-order valence-corrected chi connectivity index (χ4v) is 1.42. The highest BCUT2D eigenvalue weighted by atomic mass is 16.6. The molecule has 5 heteroatoms. The monoisotopic (exact) mass is 295 g/mol. The summed E-state index contributed by atoms with van der Waals surface area (Å²) in [5, 5.41) is 11.6. The van der Waals surface area contributed by atoms with E-state index in [1.165, 1.54) is 0 Å². The third-order valence-corrected chi connectivity index (χ3v) is 2.42. The average Bonchev–Trinajstić information content (AvgIpc) is 2.33. The number of hydrogen-bond acceptors (Lipinski definition) is 3. The first-order valence-corrected chi connectivity index (χ1v) is 7.04. The molecule has 0 aliphatic rings. The lowest BCUT2D eigenvalue weighted by Gasteiger charge is -2.23. The molecule has 0 radical (unpaired) electrons. The van der Waals surface area contributed by atoms with Gasteiger partial charge < -0.3 is 15.2 Å². The van der Waals surface area contributed by atoms with Crippen LogP contribution in [0, 0.1) is 17.8 Å². The molecule has 21 heavy (non-hydrogen) atoms. The molecule has 5 nitrogen and oxygen atoms in total. The molecule has 0 bridgehead atoms. The van der Waals surface area contributed by atoms with Crippen LogP contribution in [0.5, 0.6) is 0 Å². The highest BCUT2D eigenvalue weighted by molar-refractivity contribution is 5.80. The fraction of sp³-hybridized carbons (Fsp3) is 0.625. The van der Waals surface area contributed by atoms with Crippen LogP contribution in [0.1, 0.15) is 47.5 Å². The van der Waals surface area contributed by atoms with Gasteiger partial charge in [-0.3, -0.25) is 0 Å². The van der Waals surface area contributed by atoms with E-state index < -0.39 is 29.6 Å². The Kier molecular flexibility index (Phi) is 8.22. The fourth-order valence-electron chi connectivity index (χ4n) is 1.42. The molecular formula is C16H25NO4. The Morgan fingerprint density at radius 3 is 2.48 bits per heavy atom. The minimum absolute atomic E-state index is 0.397. The van der Waals surface area contributed by atoms with Crippen molar-refractivity contribution in [3.63, 3.8) is 0 Å². The van der Waals surface area contributed by atoms with Crippen molar-refractivity contribution in [2.75, 3.05) is 0 Å². The molecule has 0 fully saturated rings. The summed E-state index contributed by atoms with van der Waals surface area (Å²) in [6.07, 6.45) is 4.32. The van der Waals surface area contributed by atoms with Gasteiger partial charge in [0, 0.05) is 12.3 Å². The molecule has 0 aliphatic carbocycles. The molecule has 0 saturated heterocycles. The van der Waals surface area contributed by atoms with E-state index in [-0.39, 0.29) is 0 Å². The Morgan fingerprint density at radius 2 is 2.00 bits per heavy atom. The number of carboxylic acid groups (broad SMARTS) is 1. The van der Waals surface area contributed by atoms with Crippen LogP contribution >= 0.6 is 0 Å². The minimum Gasteiger partial charge on any atom is -0.480 e. The predicted molar refractivity (Wildman–Crippen MR) is 81.8 cm³/mol. The summed E-state index contributed by atoms with van der Waals surface area (Å²) >= 11 is 0. The summed E-state index contributed by atoms with van der Waals surface area (Å²) in [5.41, 5.74) is -0.669. The second-order valence-corrected chi connectivity index (χ2v) is 5.75. The van der Waals surface area contributed by atoms with Gasteiger partial charge in [-0.2, -0.15) is 0 Å². The molecule has 0 spiro atoms. The van der Waals surface area contributed by atoms with E-state index in [2.05, 4.69) is 17.2 Å². The number of carbonyl (C=O) groups excluding carboxylic acids is 1. The molecule has 1 amide bonds. The zero-order chi connectivity index (χ0) is 16.5. The first-order valence-electron chi connectivity index (χ1n) is 7.04. The number of amides is 1. The lowest BCUT2D eigenvalue weighted by atomic mass is 10.0. The molecule has 0 aromatic rings. The van der Waals surface area contributed by atoms with Gasteiger partial charge in [0.2, 0.25) is 0 Å². The number of allylic oxidation sites excluding steroid dienone is 1. The van der Waals surface area contributed by atoms with Crippen LogP contribution in [0.2, 0.25) is 0 Å². The molecule has 2 atom stereocenters. The average molecular weight is 295 g/mol. The summed E-state index contributed by atoms with van der Waals surface area (Å²) in [7, 11) is 0. The molecule has 2 N–H and O–H groups in total. The summed E-state index contributed by atoms with van der Waals surface area (Å²) in [6.45, 7) is 8.89. The van der Waals surface area contributed by atoms with Crippen molar-refractivity contribution in [3.05, 3.63) is 12.2 Å². The summed E-state index contributed by atoms with van der Waals surface area (Å²) in [6, 6.07) is -1.05. The zero-order valence-corrected chi connectivity index (χ0v) is 13.4. The van der Waals surface area contributed by atoms with Gasteiger partial charge in [-0.1, -0.05) is 31.8 Å². The van der Waals surface area contributed by atoms with E-state index in [0.29, 0.717) is 0 Å². The SMILES string of the molecule is CCCC#C/C=C/[C@@H](C)[C@H](NC(=O)OC(C)(C)C)C(=O)O. The minimum atomic E-state index is -1.11. The van der Waals surface area contributed by atoms with E-state index >= 15 is 0 Å². The Labute approximate surface area is 126 Å². The Balaban J connectivity index is 4.65. The number of nitrogens with one attached hydrogen (secondary N) is 1. The van der Waals surface area contributed by atoms with Crippen LogP contribution in [0.15, 0.2) is 12.2 Å². The lowest BCUT2D eigenvalue weighted by molar-refractivity contribution is -0.140. The topological polar surface area (TPSA) is 75.6 Å². The quantitative estimate of drug-likeness (QED) is 0.765. The van der Waals surface area contributed by atoms with Gasteiger partial charge in [0.05, 0.1) is 0 Å². The van der Waals surface area contributed by atoms with Crippen molar-refractivity contribution in [2.24, 2.45) is 5.92 Å². The Bertz CT molecular complexity index is 437. The summed E-state index contributed by atoms with van der Waals surface area (Å²) in [5.74, 6) is 4.26. The van der Waals surface area contributed by atoms with Crippen molar-refractivity contribution >= 4 is 12.1 Å². The van der Waals surface area contributed by atoms with Crippen LogP contribution in [0.4, 0.5) is 4.79 Å². The van der Waals surface area contributed by atoms with Crippen molar-refractivity contribution in [1.29, 1.82) is 0 Å². The molecule has 0 aromatic carbocycles. The molecule has 0 saturated carbocycles. The van der Waals surface area contributed by atoms with Crippen LogP contribution in [0.3, 0.4) is 0 Å². The molecule has 0 heterocycles. The number of carboxylic acids is 1. The molecule has 0 unspecified atom stereocenters. The van der Waals surface area contributed by atoms with Crippen LogP contribution < -0.4 is 5.32 Å². The van der Waals surface area contributed by atoms with Gasteiger partial charge >= 0.3 is 12.1 Å². The van der Waals surface area contributed by atoms with Gasteiger partial charge in [0.1, 0.15) is 11.6 Å². The third kappa shape index (κ3) is 9.55. The smallest absolute Gasteiger partial charge is 0.408 e. The number of ether oxygens (including phenoxy) is 1. The van der Waals surface area contributed by atoms with Gasteiger partial charge in [-0.25, -0.2) is 9.59 Å². The number of rotatable bonds is 5. The van der Waals surface area contributed by atoms with E-state index in [9.17, 15) is 14.7 Å². The second kappa shape index (κ2) is 9.06. The molecule has 0 rings (SSSR count). The van der Waals surface area contributed by atoms with Gasteiger partial charge in [-0.15, -0.1) is 0 Å². The van der Waals surface area contributed by atoms with Crippen molar-refractivity contribution in [2.45, 2.75) is 59.1 Å². The zero-order valence-electron chi connectivity index (χ0n) is 13.4. The number of aliphatic carboxylic acids is 1. The standard InChI is InChI=1S/C16H25NO4/c1-6-7-8-9-10-11-12(2)13(14(18)19)17-15(20)21-16(3,4)5/h10-13H,6-7H2,1-5H3,(H,17,20)(H,18,19)/b11-10+/t12-,13+/m1/s1. The van der Waals surface area contributed by atoms with Crippen molar-refractivity contribution in [3.8, 4) is 11.8 Å². The van der Waals surface area contributed by atoms with Crippen molar-refractivity contribution in [1.82, 2.24) is 5.32 Å². The first kappa shape index (κ1) is 19.0. The maximum atomic E-state index is 11.6. The molecule has 0 aromatic heterocycles. The first-order chi connectivity index (χ1) is 9.67. The summed E-state index contributed by atoms with van der Waals surface area (Å²) < 4.78 is 5.06. The normalized spacial score (nSPS) is 14.0. The Morgan fingerprint density at radius 1 is 1.38 bits per heavy atom. The van der Waals surface area contributed by atoms with Crippen LogP contribution in [-0.2, 0) is 9.53 Å². The van der Waals surface area contributed by atoms with Crippen LogP contribution in [0.25, 0.3) is 0 Å². The van der Waals surface area contributed by atoms with Gasteiger partial charge in [-0.05, 0) is 33.3 Å². The summed E-state index contributed by atoms with van der Waals surface area (Å²) in [4.78, 5) is 22.9.